The van der Waals surface area contributed by atoms with E-state index in [0.29, 0.717) is 11.9 Å². The zero-order valence-corrected chi connectivity index (χ0v) is 13.1. The summed E-state index contributed by atoms with van der Waals surface area (Å²) in [6, 6.07) is 0.373. The summed E-state index contributed by atoms with van der Waals surface area (Å²) in [6.45, 7) is 6.22. The number of nitrogens with one attached hydrogen (secondary N) is 1. The number of piperidine rings is 1. The normalized spacial score (nSPS) is 25.8. The van der Waals surface area contributed by atoms with Crippen LogP contribution in [0, 0.1) is 5.41 Å². The summed E-state index contributed by atoms with van der Waals surface area (Å²) in [5.74, 6) is 1.38. The van der Waals surface area contributed by atoms with Crippen molar-refractivity contribution in [2.24, 2.45) is 5.41 Å². The minimum Gasteiger partial charge on any atom is -0.341 e. The van der Waals surface area contributed by atoms with Crippen molar-refractivity contribution in [2.75, 3.05) is 32.1 Å². The van der Waals surface area contributed by atoms with Crippen molar-refractivity contribution in [1.82, 2.24) is 10.2 Å². The second-order valence-corrected chi connectivity index (χ2v) is 6.26. The van der Waals surface area contributed by atoms with Crippen LogP contribution in [0.2, 0.25) is 0 Å². The predicted octanol–water partition coefficient (Wildman–Crippen LogP) is 2.37. The largest absolute Gasteiger partial charge is 0.341 e. The Bertz CT molecular complexity index is 265. The molecule has 0 bridgehead atoms. The minimum absolute atomic E-state index is 0.154. The second kappa shape index (κ2) is 7.39. The van der Waals surface area contributed by atoms with Crippen molar-refractivity contribution < 1.29 is 4.79 Å². The van der Waals surface area contributed by atoms with E-state index in [1.54, 1.807) is 0 Å². The molecule has 18 heavy (non-hydrogen) atoms. The van der Waals surface area contributed by atoms with Gasteiger partial charge in [-0.25, -0.2) is 0 Å². The van der Waals surface area contributed by atoms with Gasteiger partial charge in [-0.05, 0) is 38.5 Å². The Morgan fingerprint density at radius 2 is 2.22 bits per heavy atom. The number of hydrogen-bond acceptors (Lipinski definition) is 3. The molecule has 1 saturated heterocycles. The van der Waals surface area contributed by atoms with Gasteiger partial charge in [0.05, 0.1) is 5.41 Å². The summed E-state index contributed by atoms with van der Waals surface area (Å²) in [5.41, 5.74) is -0.154. The molecule has 106 valence electrons. The van der Waals surface area contributed by atoms with E-state index in [9.17, 15) is 4.79 Å². The Morgan fingerprint density at radius 3 is 2.67 bits per heavy atom. The Hall–Kier alpha value is -0.220. The molecule has 0 saturated carbocycles. The molecule has 2 atom stereocenters. The van der Waals surface area contributed by atoms with Gasteiger partial charge in [-0.3, -0.25) is 4.79 Å². The topological polar surface area (TPSA) is 32.3 Å². The molecule has 0 spiro atoms. The summed E-state index contributed by atoms with van der Waals surface area (Å²) < 4.78 is 0. The summed E-state index contributed by atoms with van der Waals surface area (Å²) in [4.78, 5) is 14.8. The maximum absolute atomic E-state index is 12.8. The average Bonchev–Trinajstić information content (AvgIpc) is 2.43. The van der Waals surface area contributed by atoms with E-state index >= 15 is 0 Å². The summed E-state index contributed by atoms with van der Waals surface area (Å²) in [5, 5.41) is 3.40. The highest BCUT2D eigenvalue weighted by molar-refractivity contribution is 7.98. The fourth-order valence-electron chi connectivity index (χ4n) is 2.84. The Labute approximate surface area is 116 Å². The number of nitrogens with zero attached hydrogens (tertiary/aromatic N) is 1. The zero-order valence-electron chi connectivity index (χ0n) is 12.3. The van der Waals surface area contributed by atoms with Crippen LogP contribution in [0.4, 0.5) is 0 Å². The number of thioether (sulfide) groups is 1. The van der Waals surface area contributed by atoms with Gasteiger partial charge in [0.15, 0.2) is 0 Å². The molecule has 0 aliphatic carbocycles. The van der Waals surface area contributed by atoms with Gasteiger partial charge in [-0.15, -0.1) is 0 Å². The van der Waals surface area contributed by atoms with Crippen LogP contribution >= 0.6 is 11.8 Å². The predicted molar refractivity (Wildman–Crippen MR) is 80.1 cm³/mol. The van der Waals surface area contributed by atoms with Crippen molar-refractivity contribution in [3.8, 4) is 0 Å². The van der Waals surface area contributed by atoms with E-state index in [1.807, 2.05) is 23.7 Å². The SMILES string of the molecule is CCC(CSC)N(C)C(=O)C1(CC)CCCNC1. The first-order valence-electron chi connectivity index (χ1n) is 7.08. The second-order valence-electron chi connectivity index (χ2n) is 5.35. The molecule has 1 N–H and O–H groups in total. The van der Waals surface area contributed by atoms with Crippen LogP contribution in [0.25, 0.3) is 0 Å². The Balaban J connectivity index is 2.75. The van der Waals surface area contributed by atoms with Gasteiger partial charge in [0.2, 0.25) is 5.91 Å². The number of rotatable bonds is 6. The standard InChI is InChI=1S/C14H28N2OS/c1-5-12(10-18-4)16(3)13(17)14(6-2)8-7-9-15-11-14/h12,15H,5-11H2,1-4H3. The monoisotopic (exact) mass is 272 g/mol. The minimum atomic E-state index is -0.154. The lowest BCUT2D eigenvalue weighted by molar-refractivity contribution is -0.144. The van der Waals surface area contributed by atoms with Crippen LogP contribution < -0.4 is 5.32 Å². The highest BCUT2D eigenvalue weighted by Gasteiger charge is 2.40. The Kier molecular flexibility index (Phi) is 6.50. The van der Waals surface area contributed by atoms with Crippen LogP contribution in [0.1, 0.15) is 39.5 Å². The third-order valence-corrected chi connectivity index (χ3v) is 5.02. The number of carbonyl (C=O) groups is 1. The van der Waals surface area contributed by atoms with Gasteiger partial charge in [0.1, 0.15) is 0 Å². The van der Waals surface area contributed by atoms with E-state index in [1.165, 1.54) is 0 Å². The molecule has 1 amide bonds. The van der Waals surface area contributed by atoms with Crippen molar-refractivity contribution >= 4 is 17.7 Å². The van der Waals surface area contributed by atoms with Crippen LogP contribution in [0.3, 0.4) is 0 Å². The van der Waals surface area contributed by atoms with Crippen LogP contribution in [0.5, 0.6) is 0 Å². The van der Waals surface area contributed by atoms with Crippen LogP contribution in [-0.4, -0.2) is 49.0 Å². The lowest BCUT2D eigenvalue weighted by Crippen LogP contribution is -2.53. The molecule has 0 aromatic rings. The van der Waals surface area contributed by atoms with E-state index in [2.05, 4.69) is 25.4 Å². The fourth-order valence-corrected chi connectivity index (χ4v) is 3.68. The number of carbonyl (C=O) groups excluding carboxylic acids is 1. The molecule has 1 heterocycles. The molecule has 0 radical (unpaired) electrons. The molecule has 2 unspecified atom stereocenters. The number of amides is 1. The van der Waals surface area contributed by atoms with Crippen LogP contribution in [0.15, 0.2) is 0 Å². The maximum atomic E-state index is 12.8. The molecule has 1 aliphatic heterocycles. The molecule has 0 aromatic heterocycles. The van der Waals surface area contributed by atoms with E-state index in [0.717, 1.165) is 44.5 Å². The van der Waals surface area contributed by atoms with Gasteiger partial charge in [0, 0.05) is 25.4 Å². The van der Waals surface area contributed by atoms with Gasteiger partial charge in [-0.1, -0.05) is 13.8 Å². The van der Waals surface area contributed by atoms with E-state index < -0.39 is 0 Å². The smallest absolute Gasteiger partial charge is 0.230 e. The molecule has 3 nitrogen and oxygen atoms in total. The quantitative estimate of drug-likeness (QED) is 0.805. The summed E-state index contributed by atoms with van der Waals surface area (Å²) >= 11 is 1.82. The van der Waals surface area contributed by atoms with E-state index in [-0.39, 0.29) is 5.41 Å². The van der Waals surface area contributed by atoms with Gasteiger partial charge >= 0.3 is 0 Å². The third kappa shape index (κ3) is 3.41. The molecule has 1 fully saturated rings. The van der Waals surface area contributed by atoms with Crippen molar-refractivity contribution in [2.45, 2.75) is 45.6 Å². The fraction of sp³-hybridized carbons (Fsp3) is 0.929. The zero-order chi connectivity index (χ0) is 13.6. The molecular formula is C14H28N2OS. The van der Waals surface area contributed by atoms with Crippen LogP contribution in [-0.2, 0) is 4.79 Å². The maximum Gasteiger partial charge on any atom is 0.230 e. The lowest BCUT2D eigenvalue weighted by atomic mass is 9.77. The summed E-state index contributed by atoms with van der Waals surface area (Å²) in [7, 11) is 1.98. The first kappa shape index (κ1) is 15.8. The third-order valence-electron chi connectivity index (χ3n) is 4.30. The van der Waals surface area contributed by atoms with E-state index in [4.69, 9.17) is 0 Å². The van der Waals surface area contributed by atoms with Crippen molar-refractivity contribution in [3.05, 3.63) is 0 Å². The number of hydrogen-bond donors (Lipinski definition) is 1. The molecule has 4 heteroatoms. The van der Waals surface area contributed by atoms with Crippen molar-refractivity contribution in [1.29, 1.82) is 0 Å². The molecule has 1 aliphatic rings. The van der Waals surface area contributed by atoms with Gasteiger partial charge < -0.3 is 10.2 Å². The summed E-state index contributed by atoms with van der Waals surface area (Å²) in [6.07, 6.45) is 6.25. The molecule has 1 rings (SSSR count). The van der Waals surface area contributed by atoms with Crippen molar-refractivity contribution in [3.63, 3.8) is 0 Å². The molecular weight excluding hydrogens is 244 g/mol. The van der Waals surface area contributed by atoms with Gasteiger partial charge in [-0.2, -0.15) is 11.8 Å². The molecule has 0 aromatic carbocycles. The first-order chi connectivity index (χ1) is 8.61. The highest BCUT2D eigenvalue weighted by atomic mass is 32.2. The highest BCUT2D eigenvalue weighted by Crippen LogP contribution is 2.33. The van der Waals surface area contributed by atoms with Gasteiger partial charge in [0.25, 0.3) is 0 Å². The lowest BCUT2D eigenvalue weighted by Gasteiger charge is -2.40. The first-order valence-corrected chi connectivity index (χ1v) is 8.47. The average molecular weight is 272 g/mol. The Morgan fingerprint density at radius 1 is 1.50 bits per heavy atom.